The minimum atomic E-state index is -0.728. The first-order valence-corrected chi connectivity index (χ1v) is 10.5. The third-order valence-electron chi connectivity index (χ3n) is 4.58. The van der Waals surface area contributed by atoms with Gasteiger partial charge >= 0.3 is 0 Å². The zero-order valence-electron chi connectivity index (χ0n) is 17.7. The lowest BCUT2D eigenvalue weighted by molar-refractivity contribution is -0.384. The quantitative estimate of drug-likeness (QED) is 0.175. The maximum atomic E-state index is 12.6. The van der Waals surface area contributed by atoms with Crippen LogP contribution in [0.4, 0.5) is 11.4 Å². The van der Waals surface area contributed by atoms with Crippen molar-refractivity contribution in [3.05, 3.63) is 97.5 Å². The molecule has 0 aliphatic rings. The molecule has 10 heteroatoms. The molecule has 0 unspecified atom stereocenters. The summed E-state index contributed by atoms with van der Waals surface area (Å²) in [6.45, 7) is 0.145. The fourth-order valence-corrected chi connectivity index (χ4v) is 3.20. The van der Waals surface area contributed by atoms with Crippen molar-refractivity contribution in [2.75, 3.05) is 12.4 Å². The molecule has 0 heterocycles. The summed E-state index contributed by atoms with van der Waals surface area (Å²) in [6, 6.07) is 17.3. The number of anilines is 1. The van der Waals surface area contributed by atoms with Crippen LogP contribution in [-0.4, -0.2) is 17.9 Å². The predicted molar refractivity (Wildman–Crippen MR) is 129 cm³/mol. The summed E-state index contributed by atoms with van der Waals surface area (Å²) in [6.07, 6.45) is 1.36. The molecule has 1 N–H and O–H groups in total. The van der Waals surface area contributed by atoms with Gasteiger partial charge < -0.3 is 14.8 Å². The molecule has 0 radical (unpaired) electrons. The molecule has 0 saturated heterocycles. The fourth-order valence-electron chi connectivity index (χ4n) is 2.88. The summed E-state index contributed by atoms with van der Waals surface area (Å²) in [4.78, 5) is 23.0. The largest absolute Gasteiger partial charge is 0.497 e. The van der Waals surface area contributed by atoms with E-state index in [0.717, 1.165) is 5.56 Å². The number of carbonyl (C=O) groups is 1. The first-order chi connectivity index (χ1) is 16.3. The Labute approximate surface area is 205 Å². The fraction of sp³-hybridized carbons (Fsp3) is 0.0833. The number of nitriles is 1. The summed E-state index contributed by atoms with van der Waals surface area (Å²) in [5, 5.41) is 23.8. The van der Waals surface area contributed by atoms with E-state index in [1.807, 2.05) is 6.07 Å². The van der Waals surface area contributed by atoms with Crippen molar-refractivity contribution in [1.29, 1.82) is 5.26 Å². The SMILES string of the molecule is COc1ccc(/C=C(\C#N)C(=O)Nc2cccc([N+](=O)[O-])c2)c(OCc2ccc(Cl)c(Cl)c2)c1. The molecular weight excluding hydrogens is 481 g/mol. The number of benzene rings is 3. The maximum absolute atomic E-state index is 12.6. The number of halogens is 2. The lowest BCUT2D eigenvalue weighted by Gasteiger charge is -2.12. The van der Waals surface area contributed by atoms with Gasteiger partial charge in [0, 0.05) is 29.4 Å². The van der Waals surface area contributed by atoms with E-state index in [4.69, 9.17) is 32.7 Å². The number of methoxy groups -OCH3 is 1. The molecule has 0 aliphatic heterocycles. The molecule has 3 aromatic rings. The van der Waals surface area contributed by atoms with Crippen molar-refractivity contribution in [3.8, 4) is 17.6 Å². The molecule has 1 amide bonds. The summed E-state index contributed by atoms with van der Waals surface area (Å²) < 4.78 is 11.2. The van der Waals surface area contributed by atoms with Gasteiger partial charge in [0.15, 0.2) is 0 Å². The van der Waals surface area contributed by atoms with Crippen molar-refractivity contribution in [2.45, 2.75) is 6.61 Å². The van der Waals surface area contributed by atoms with Gasteiger partial charge in [0.05, 0.1) is 22.1 Å². The van der Waals surface area contributed by atoms with Gasteiger partial charge in [-0.15, -0.1) is 0 Å². The molecular formula is C24H17Cl2N3O5. The Hall–Kier alpha value is -4.06. The van der Waals surface area contributed by atoms with Gasteiger partial charge in [-0.1, -0.05) is 35.3 Å². The van der Waals surface area contributed by atoms with E-state index in [9.17, 15) is 20.2 Å². The van der Waals surface area contributed by atoms with Crippen molar-refractivity contribution < 1.29 is 19.2 Å². The second kappa shape index (κ2) is 11.2. The van der Waals surface area contributed by atoms with Gasteiger partial charge in [-0.05, 0) is 42.0 Å². The smallest absolute Gasteiger partial charge is 0.271 e. The lowest BCUT2D eigenvalue weighted by atomic mass is 10.1. The Morgan fingerprint density at radius 1 is 1.15 bits per heavy atom. The number of ether oxygens (including phenoxy) is 2. The standard InChI is InChI=1S/C24H17Cl2N3O5/c1-33-20-7-6-16(23(12-20)34-14-15-5-8-21(25)22(26)9-15)10-17(13-27)24(30)28-18-3-2-4-19(11-18)29(31)32/h2-12H,14H2,1H3,(H,28,30)/b17-10+. The van der Waals surface area contributed by atoms with Gasteiger partial charge in [-0.2, -0.15) is 5.26 Å². The number of hydrogen-bond donors (Lipinski definition) is 1. The summed E-state index contributed by atoms with van der Waals surface area (Å²) in [7, 11) is 1.50. The zero-order valence-corrected chi connectivity index (χ0v) is 19.3. The van der Waals surface area contributed by atoms with Crippen LogP contribution in [0.5, 0.6) is 11.5 Å². The third-order valence-corrected chi connectivity index (χ3v) is 5.32. The first kappa shape index (κ1) is 24.6. The number of non-ortho nitro benzene ring substituents is 1. The van der Waals surface area contributed by atoms with Crippen LogP contribution in [0, 0.1) is 21.4 Å². The predicted octanol–water partition coefficient (Wildman–Crippen LogP) is 6.03. The highest BCUT2D eigenvalue weighted by atomic mass is 35.5. The van der Waals surface area contributed by atoms with Crippen molar-refractivity contribution >= 4 is 46.6 Å². The molecule has 172 valence electrons. The molecule has 0 aliphatic carbocycles. The second-order valence-corrected chi connectivity index (χ2v) is 7.69. The molecule has 0 fully saturated rings. The lowest BCUT2D eigenvalue weighted by Crippen LogP contribution is -2.13. The Balaban J connectivity index is 1.86. The molecule has 8 nitrogen and oxygen atoms in total. The topological polar surface area (TPSA) is 114 Å². The van der Waals surface area contributed by atoms with Crippen LogP contribution in [0.1, 0.15) is 11.1 Å². The molecule has 0 saturated carbocycles. The van der Waals surface area contributed by atoms with E-state index in [2.05, 4.69) is 5.32 Å². The van der Waals surface area contributed by atoms with E-state index in [0.29, 0.717) is 27.1 Å². The molecule has 34 heavy (non-hydrogen) atoms. The normalized spacial score (nSPS) is 10.8. The van der Waals surface area contributed by atoms with Crippen LogP contribution in [-0.2, 0) is 11.4 Å². The number of nitro groups is 1. The van der Waals surface area contributed by atoms with E-state index in [1.54, 1.807) is 36.4 Å². The Morgan fingerprint density at radius 3 is 2.62 bits per heavy atom. The van der Waals surface area contributed by atoms with E-state index < -0.39 is 10.8 Å². The van der Waals surface area contributed by atoms with Crippen LogP contribution >= 0.6 is 23.2 Å². The molecule has 0 spiro atoms. The minimum Gasteiger partial charge on any atom is -0.497 e. The number of nitrogens with zero attached hydrogens (tertiary/aromatic N) is 2. The zero-order chi connectivity index (χ0) is 24.7. The number of nitrogens with one attached hydrogen (secondary N) is 1. The van der Waals surface area contributed by atoms with Gasteiger partial charge in [0.25, 0.3) is 11.6 Å². The van der Waals surface area contributed by atoms with E-state index >= 15 is 0 Å². The highest BCUT2D eigenvalue weighted by Crippen LogP contribution is 2.29. The highest BCUT2D eigenvalue weighted by molar-refractivity contribution is 6.42. The summed E-state index contributed by atoms with van der Waals surface area (Å²) in [5.41, 5.74) is 0.985. The van der Waals surface area contributed by atoms with Gasteiger partial charge in [0.2, 0.25) is 0 Å². The maximum Gasteiger partial charge on any atom is 0.271 e. The van der Waals surface area contributed by atoms with Crippen molar-refractivity contribution in [3.63, 3.8) is 0 Å². The van der Waals surface area contributed by atoms with Crippen LogP contribution in [0.15, 0.2) is 66.2 Å². The molecule has 3 rings (SSSR count). The highest BCUT2D eigenvalue weighted by Gasteiger charge is 2.14. The molecule has 0 bridgehead atoms. The minimum absolute atomic E-state index is 0.145. The average Bonchev–Trinajstić information content (AvgIpc) is 2.83. The Kier molecular flexibility index (Phi) is 8.09. The molecule has 0 aromatic heterocycles. The number of rotatable bonds is 8. The van der Waals surface area contributed by atoms with E-state index in [1.165, 1.54) is 37.5 Å². The number of hydrogen-bond acceptors (Lipinski definition) is 6. The van der Waals surface area contributed by atoms with Gasteiger partial charge in [-0.25, -0.2) is 0 Å². The van der Waals surface area contributed by atoms with Crippen LogP contribution < -0.4 is 14.8 Å². The Bertz CT molecular complexity index is 1320. The third kappa shape index (κ3) is 6.25. The monoisotopic (exact) mass is 497 g/mol. The van der Waals surface area contributed by atoms with E-state index in [-0.39, 0.29) is 23.6 Å². The van der Waals surface area contributed by atoms with Crippen LogP contribution in [0.3, 0.4) is 0 Å². The summed E-state index contributed by atoms with van der Waals surface area (Å²) >= 11 is 12.0. The van der Waals surface area contributed by atoms with Crippen molar-refractivity contribution in [2.24, 2.45) is 0 Å². The molecule has 3 aromatic carbocycles. The first-order valence-electron chi connectivity index (χ1n) is 9.73. The van der Waals surface area contributed by atoms with Crippen molar-refractivity contribution in [1.82, 2.24) is 0 Å². The van der Waals surface area contributed by atoms with Gasteiger partial charge in [0.1, 0.15) is 29.7 Å². The molecule has 0 atom stereocenters. The van der Waals surface area contributed by atoms with Gasteiger partial charge in [-0.3, -0.25) is 14.9 Å². The van der Waals surface area contributed by atoms with Crippen LogP contribution in [0.2, 0.25) is 10.0 Å². The Morgan fingerprint density at radius 2 is 1.94 bits per heavy atom. The van der Waals surface area contributed by atoms with Crippen LogP contribution in [0.25, 0.3) is 6.08 Å². The average molecular weight is 498 g/mol. The number of nitro benzene ring substituents is 1. The number of carbonyl (C=O) groups excluding carboxylic acids is 1. The summed E-state index contributed by atoms with van der Waals surface area (Å²) in [5.74, 6) is 0.149. The number of amides is 1. The second-order valence-electron chi connectivity index (χ2n) is 6.87.